The molecular formula is C16H19FN4O3. The summed E-state index contributed by atoms with van der Waals surface area (Å²) in [5.41, 5.74) is 1.57. The Labute approximate surface area is 138 Å². The zero-order valence-electron chi connectivity index (χ0n) is 13.1. The average Bonchev–Trinajstić information content (AvgIpc) is 2.79. The highest BCUT2D eigenvalue weighted by Gasteiger charge is 2.52. The third-order valence-corrected chi connectivity index (χ3v) is 4.42. The topological polar surface area (TPSA) is 90.5 Å². The number of hydrogen-bond donors (Lipinski definition) is 3. The van der Waals surface area contributed by atoms with Gasteiger partial charge in [0, 0.05) is 0 Å². The predicted molar refractivity (Wildman–Crippen MR) is 84.2 cm³/mol. The predicted octanol–water partition coefficient (Wildman–Crippen LogP) is 1.52. The normalized spacial score (nSPS) is 19.3. The number of nitrogens with one attached hydrogen (secondary N) is 3. The van der Waals surface area contributed by atoms with Crippen molar-refractivity contribution < 1.29 is 18.8 Å². The van der Waals surface area contributed by atoms with Crippen LogP contribution in [-0.2, 0) is 9.59 Å². The highest BCUT2D eigenvalue weighted by molar-refractivity contribution is 6.08. The highest BCUT2D eigenvalue weighted by Crippen LogP contribution is 2.32. The van der Waals surface area contributed by atoms with Gasteiger partial charge in [0.1, 0.15) is 11.4 Å². The van der Waals surface area contributed by atoms with Crippen molar-refractivity contribution >= 4 is 23.5 Å². The van der Waals surface area contributed by atoms with Gasteiger partial charge in [-0.2, -0.15) is 5.01 Å². The minimum atomic E-state index is -0.887. The molecule has 0 bridgehead atoms. The van der Waals surface area contributed by atoms with E-state index in [1.165, 1.54) is 18.2 Å². The van der Waals surface area contributed by atoms with Gasteiger partial charge in [0.2, 0.25) is 0 Å². The maximum absolute atomic E-state index is 13.5. The molecule has 2 aliphatic rings. The van der Waals surface area contributed by atoms with Crippen molar-refractivity contribution in [2.24, 2.45) is 0 Å². The summed E-state index contributed by atoms with van der Waals surface area (Å²) < 4.78 is 13.5. The van der Waals surface area contributed by atoms with Gasteiger partial charge >= 0.3 is 6.03 Å². The van der Waals surface area contributed by atoms with Crippen LogP contribution in [0.25, 0.3) is 0 Å². The number of hydrazine groups is 1. The molecule has 0 unspecified atom stereocenters. The van der Waals surface area contributed by atoms with E-state index in [0.717, 1.165) is 24.3 Å². The van der Waals surface area contributed by atoms with Crippen LogP contribution < -0.4 is 16.1 Å². The molecule has 24 heavy (non-hydrogen) atoms. The number of urea groups is 1. The highest BCUT2D eigenvalue weighted by atomic mass is 19.1. The Morgan fingerprint density at radius 1 is 1.21 bits per heavy atom. The molecule has 1 aromatic rings. The standard InChI is InChI=1S/C16H19FN4O3/c17-11-6-2-3-7-12(11)18-10-13(22)20-21-14(23)16(19-15(21)24)8-4-1-5-9-16/h2-3,6-7,18H,1,4-5,8-10H2,(H,19,24)(H,20,22). The van der Waals surface area contributed by atoms with Crippen LogP contribution in [0.1, 0.15) is 32.1 Å². The van der Waals surface area contributed by atoms with Crippen molar-refractivity contribution in [3.8, 4) is 0 Å². The van der Waals surface area contributed by atoms with Crippen LogP contribution in [0.3, 0.4) is 0 Å². The molecule has 1 aromatic carbocycles. The maximum Gasteiger partial charge on any atom is 0.344 e. The lowest BCUT2D eigenvalue weighted by molar-refractivity contribution is -0.139. The summed E-state index contributed by atoms with van der Waals surface area (Å²) in [6, 6.07) is 5.31. The van der Waals surface area contributed by atoms with Gasteiger partial charge in [0.25, 0.3) is 11.8 Å². The second-order valence-electron chi connectivity index (χ2n) is 6.08. The lowest BCUT2D eigenvalue weighted by atomic mass is 9.82. The SMILES string of the molecule is O=C(CNc1ccccc1F)NN1C(=O)NC2(CCCCC2)C1=O. The van der Waals surface area contributed by atoms with Crippen molar-refractivity contribution in [1.82, 2.24) is 15.8 Å². The number of hydrogen-bond acceptors (Lipinski definition) is 4. The van der Waals surface area contributed by atoms with Crippen LogP contribution in [0, 0.1) is 5.82 Å². The van der Waals surface area contributed by atoms with Crippen LogP contribution in [0.2, 0.25) is 0 Å². The fourth-order valence-corrected chi connectivity index (χ4v) is 3.16. The van der Waals surface area contributed by atoms with Crippen molar-refractivity contribution in [2.75, 3.05) is 11.9 Å². The number of rotatable bonds is 4. The van der Waals surface area contributed by atoms with Gasteiger partial charge in [0.05, 0.1) is 12.2 Å². The summed E-state index contributed by atoms with van der Waals surface area (Å²) in [6.45, 7) is -0.259. The molecule has 8 heteroatoms. The van der Waals surface area contributed by atoms with Gasteiger partial charge in [-0.3, -0.25) is 15.0 Å². The van der Waals surface area contributed by atoms with E-state index in [9.17, 15) is 18.8 Å². The number of nitrogens with zero attached hydrogens (tertiary/aromatic N) is 1. The number of halogens is 1. The Balaban J connectivity index is 1.59. The fraction of sp³-hybridized carbons (Fsp3) is 0.438. The largest absolute Gasteiger partial charge is 0.374 e. The van der Waals surface area contributed by atoms with E-state index in [1.807, 2.05) is 0 Å². The first-order valence-corrected chi connectivity index (χ1v) is 7.96. The Bertz CT molecular complexity index is 673. The van der Waals surface area contributed by atoms with E-state index in [2.05, 4.69) is 16.1 Å². The molecule has 0 radical (unpaired) electrons. The van der Waals surface area contributed by atoms with Gasteiger partial charge in [-0.15, -0.1) is 0 Å². The smallest absolute Gasteiger partial charge is 0.344 e. The van der Waals surface area contributed by atoms with Crippen molar-refractivity contribution in [1.29, 1.82) is 0 Å². The summed E-state index contributed by atoms with van der Waals surface area (Å²) >= 11 is 0. The van der Waals surface area contributed by atoms with Crippen LogP contribution in [0.5, 0.6) is 0 Å². The van der Waals surface area contributed by atoms with Gasteiger partial charge in [-0.1, -0.05) is 31.4 Å². The first-order valence-electron chi connectivity index (χ1n) is 7.96. The second-order valence-corrected chi connectivity index (χ2v) is 6.08. The molecule has 2 fully saturated rings. The summed E-state index contributed by atoms with van der Waals surface area (Å²) in [5.74, 6) is -1.51. The molecule has 1 saturated carbocycles. The van der Waals surface area contributed by atoms with Gasteiger partial charge < -0.3 is 10.6 Å². The first-order chi connectivity index (χ1) is 11.5. The molecule has 0 atom stereocenters. The number of carbonyl (C=O) groups excluding carboxylic acids is 3. The molecule has 1 spiro atoms. The minimum absolute atomic E-state index is 0.175. The van der Waals surface area contributed by atoms with Crippen molar-refractivity contribution in [3.63, 3.8) is 0 Å². The Morgan fingerprint density at radius 3 is 2.62 bits per heavy atom. The summed E-state index contributed by atoms with van der Waals surface area (Å²) in [4.78, 5) is 36.5. The first kappa shape index (κ1) is 16.2. The van der Waals surface area contributed by atoms with E-state index in [1.54, 1.807) is 6.07 Å². The molecule has 3 N–H and O–H groups in total. The number of anilines is 1. The summed E-state index contributed by atoms with van der Waals surface area (Å²) in [5, 5.41) is 6.06. The molecule has 0 aromatic heterocycles. The number of carbonyl (C=O) groups is 3. The molecule has 1 aliphatic heterocycles. The lowest BCUT2D eigenvalue weighted by Gasteiger charge is -2.30. The fourth-order valence-electron chi connectivity index (χ4n) is 3.16. The van der Waals surface area contributed by atoms with Crippen LogP contribution in [0.15, 0.2) is 24.3 Å². The van der Waals surface area contributed by atoms with Crippen LogP contribution >= 0.6 is 0 Å². The number of imide groups is 1. The molecule has 1 saturated heterocycles. The van der Waals surface area contributed by atoms with E-state index < -0.39 is 29.2 Å². The monoisotopic (exact) mass is 334 g/mol. The Hall–Kier alpha value is -2.64. The van der Waals surface area contributed by atoms with Gasteiger partial charge in [-0.25, -0.2) is 9.18 Å². The third-order valence-electron chi connectivity index (χ3n) is 4.42. The lowest BCUT2D eigenvalue weighted by Crippen LogP contribution is -2.51. The number of para-hydroxylation sites is 1. The van der Waals surface area contributed by atoms with Crippen LogP contribution in [0.4, 0.5) is 14.9 Å². The average molecular weight is 334 g/mol. The Kier molecular flexibility index (Phi) is 4.37. The van der Waals surface area contributed by atoms with E-state index in [0.29, 0.717) is 12.8 Å². The second kappa shape index (κ2) is 6.46. The molecule has 3 rings (SSSR count). The zero-order valence-corrected chi connectivity index (χ0v) is 13.1. The summed E-state index contributed by atoms with van der Waals surface area (Å²) in [6.07, 6.45) is 3.92. The molecule has 1 heterocycles. The molecule has 1 aliphatic carbocycles. The molecule has 4 amide bonds. The number of amides is 4. The third kappa shape index (κ3) is 3.04. The zero-order chi connectivity index (χ0) is 17.2. The van der Waals surface area contributed by atoms with Gasteiger partial charge in [-0.05, 0) is 25.0 Å². The quantitative estimate of drug-likeness (QED) is 0.728. The molecule has 128 valence electrons. The van der Waals surface area contributed by atoms with Crippen molar-refractivity contribution in [2.45, 2.75) is 37.6 Å². The van der Waals surface area contributed by atoms with E-state index in [4.69, 9.17) is 0 Å². The van der Waals surface area contributed by atoms with E-state index in [-0.39, 0.29) is 12.2 Å². The summed E-state index contributed by atoms with van der Waals surface area (Å²) in [7, 11) is 0. The van der Waals surface area contributed by atoms with Gasteiger partial charge in [0.15, 0.2) is 0 Å². The number of benzene rings is 1. The van der Waals surface area contributed by atoms with Crippen LogP contribution in [-0.4, -0.2) is 34.9 Å². The molecule has 7 nitrogen and oxygen atoms in total. The Morgan fingerprint density at radius 2 is 1.92 bits per heavy atom. The maximum atomic E-state index is 13.5. The van der Waals surface area contributed by atoms with Crippen molar-refractivity contribution in [3.05, 3.63) is 30.1 Å². The molecular weight excluding hydrogens is 315 g/mol. The van der Waals surface area contributed by atoms with E-state index >= 15 is 0 Å². The minimum Gasteiger partial charge on any atom is -0.374 e.